The molecule has 0 nitrogen and oxygen atoms in total. The molecule has 3 heteroatoms. The second kappa shape index (κ2) is 15.9. The second-order valence-corrected chi connectivity index (χ2v) is 7.81. The van der Waals surface area contributed by atoms with Crippen LogP contribution < -0.4 is 0 Å². The summed E-state index contributed by atoms with van der Waals surface area (Å²) in [6.45, 7) is 35.7. The lowest BCUT2D eigenvalue weighted by molar-refractivity contribution is 0.445. The first-order valence-corrected chi connectivity index (χ1v) is 10.6. The van der Waals surface area contributed by atoms with Crippen LogP contribution in [0.2, 0.25) is 0 Å². The highest BCUT2D eigenvalue weighted by molar-refractivity contribution is 5.53. The monoisotopic (exact) mass is 444 g/mol. The summed E-state index contributed by atoms with van der Waals surface area (Å²) in [5.41, 5.74) is 1.10. The van der Waals surface area contributed by atoms with Crippen LogP contribution in [0.3, 0.4) is 0 Å². The van der Waals surface area contributed by atoms with E-state index in [4.69, 9.17) is 0 Å². The van der Waals surface area contributed by atoms with Crippen molar-refractivity contribution in [2.75, 3.05) is 0 Å². The molecule has 0 amide bonds. The molecule has 0 aliphatic rings. The van der Waals surface area contributed by atoms with Gasteiger partial charge in [0.1, 0.15) is 5.83 Å². The first kappa shape index (κ1) is 31.4. The molecule has 0 bridgehead atoms. The predicted molar refractivity (Wildman–Crippen MR) is 137 cm³/mol. The van der Waals surface area contributed by atoms with Crippen molar-refractivity contribution in [1.82, 2.24) is 0 Å². The van der Waals surface area contributed by atoms with Crippen molar-refractivity contribution in [2.24, 2.45) is 11.8 Å². The van der Waals surface area contributed by atoms with Gasteiger partial charge in [-0.05, 0) is 59.1 Å². The van der Waals surface area contributed by atoms with Gasteiger partial charge in [0.05, 0.1) is 0 Å². The lowest BCUT2D eigenvalue weighted by Crippen LogP contribution is -2.03. The molecule has 0 fully saturated rings. The summed E-state index contributed by atoms with van der Waals surface area (Å²) in [5, 5.41) is 0. The number of hydrogen-bond acceptors (Lipinski definition) is 0. The van der Waals surface area contributed by atoms with Crippen LogP contribution in [0.4, 0.5) is 13.2 Å². The van der Waals surface area contributed by atoms with Crippen LogP contribution in [0.15, 0.2) is 122 Å². The van der Waals surface area contributed by atoms with Gasteiger partial charge in [0.2, 0.25) is 0 Å². The molecule has 0 aromatic rings. The Morgan fingerprint density at radius 2 is 1.28 bits per heavy atom. The molecule has 0 spiro atoms. The zero-order valence-electron chi connectivity index (χ0n) is 20.3. The maximum absolute atomic E-state index is 14.6. The lowest BCUT2D eigenvalue weighted by atomic mass is 9.91. The van der Waals surface area contributed by atoms with E-state index in [-0.39, 0.29) is 22.6 Å². The standard InChI is InChI=1S/C27H35F3.C2H4/c1-11-18(4)12-13-20(6)23(9)25(28)16-22(8)19(5)14-15-21(7)24(10)27(30)26(29)17(2)3;1-2/h14-16,18,20H,2,5,7-13H2,1,3-4,6H3;1-2H2/b15-14-,25-16+,27-26-;. The average molecular weight is 445 g/mol. The Labute approximate surface area is 194 Å². The van der Waals surface area contributed by atoms with Gasteiger partial charge in [0, 0.05) is 5.57 Å². The topological polar surface area (TPSA) is 0 Å². The Balaban J connectivity index is 0. The fourth-order valence-corrected chi connectivity index (χ4v) is 2.36. The normalized spacial score (nSPS) is 13.9. The zero-order chi connectivity index (χ0) is 25.6. The Kier molecular flexibility index (Phi) is 15.6. The van der Waals surface area contributed by atoms with Crippen LogP contribution in [0.1, 0.15) is 47.0 Å². The van der Waals surface area contributed by atoms with E-state index in [1.54, 1.807) is 0 Å². The van der Waals surface area contributed by atoms with Crippen molar-refractivity contribution >= 4 is 0 Å². The van der Waals surface area contributed by atoms with Crippen molar-refractivity contribution in [3.05, 3.63) is 122 Å². The van der Waals surface area contributed by atoms with Crippen molar-refractivity contribution < 1.29 is 13.2 Å². The van der Waals surface area contributed by atoms with E-state index in [9.17, 15) is 13.2 Å². The van der Waals surface area contributed by atoms with Gasteiger partial charge in [-0.25, -0.2) is 13.2 Å². The third-order valence-electron chi connectivity index (χ3n) is 5.11. The summed E-state index contributed by atoms with van der Waals surface area (Å²) < 4.78 is 42.2. The molecule has 0 aliphatic heterocycles. The van der Waals surface area contributed by atoms with Gasteiger partial charge >= 0.3 is 0 Å². The third kappa shape index (κ3) is 11.0. The Morgan fingerprint density at radius 1 is 0.781 bits per heavy atom. The minimum atomic E-state index is -1.12. The summed E-state index contributed by atoms with van der Waals surface area (Å²) in [6.07, 6.45) is 7.19. The number of halogens is 3. The van der Waals surface area contributed by atoms with E-state index < -0.39 is 17.5 Å². The van der Waals surface area contributed by atoms with Crippen molar-refractivity contribution in [2.45, 2.75) is 47.0 Å². The molecule has 0 aromatic heterocycles. The second-order valence-electron chi connectivity index (χ2n) is 7.81. The van der Waals surface area contributed by atoms with E-state index in [0.29, 0.717) is 22.6 Å². The summed E-state index contributed by atoms with van der Waals surface area (Å²) in [7, 11) is 0. The molecule has 32 heavy (non-hydrogen) atoms. The fourth-order valence-electron chi connectivity index (χ4n) is 2.36. The molecule has 2 unspecified atom stereocenters. The highest BCUT2D eigenvalue weighted by Gasteiger charge is 2.14. The van der Waals surface area contributed by atoms with Gasteiger partial charge < -0.3 is 0 Å². The first-order chi connectivity index (χ1) is 14.8. The maximum Gasteiger partial charge on any atom is 0.166 e. The van der Waals surface area contributed by atoms with Gasteiger partial charge in [-0.1, -0.05) is 85.2 Å². The molecule has 0 rings (SSSR count). The molecule has 176 valence electrons. The molecule has 0 aromatic carbocycles. The van der Waals surface area contributed by atoms with Crippen LogP contribution in [-0.4, -0.2) is 0 Å². The highest BCUT2D eigenvalue weighted by atomic mass is 19.2. The van der Waals surface area contributed by atoms with E-state index in [2.05, 4.69) is 66.5 Å². The van der Waals surface area contributed by atoms with E-state index in [1.807, 2.05) is 6.92 Å². The smallest absolute Gasteiger partial charge is 0.166 e. The Morgan fingerprint density at radius 3 is 1.75 bits per heavy atom. The van der Waals surface area contributed by atoms with Crippen LogP contribution >= 0.6 is 0 Å². The summed E-state index contributed by atoms with van der Waals surface area (Å²) in [4.78, 5) is 0. The molecule has 2 atom stereocenters. The quantitative estimate of drug-likeness (QED) is 0.196. The van der Waals surface area contributed by atoms with Crippen LogP contribution in [0.25, 0.3) is 0 Å². The number of rotatable bonds is 13. The predicted octanol–water partition coefficient (Wildman–Crippen LogP) is 10.2. The molecule has 0 aliphatic carbocycles. The minimum absolute atomic E-state index is 0.0212. The fraction of sp³-hybridized carbons (Fsp3) is 0.310. The largest absolute Gasteiger partial charge is 0.207 e. The molecule has 0 saturated heterocycles. The molecule has 0 heterocycles. The van der Waals surface area contributed by atoms with Crippen LogP contribution in [0.5, 0.6) is 0 Å². The number of hydrogen-bond donors (Lipinski definition) is 0. The average Bonchev–Trinajstić information content (AvgIpc) is 2.79. The van der Waals surface area contributed by atoms with Gasteiger partial charge in [-0.3, -0.25) is 0 Å². The van der Waals surface area contributed by atoms with Gasteiger partial charge in [0.15, 0.2) is 11.7 Å². The van der Waals surface area contributed by atoms with Gasteiger partial charge in [0.25, 0.3) is 0 Å². The molecule has 0 saturated carbocycles. The highest BCUT2D eigenvalue weighted by Crippen LogP contribution is 2.28. The van der Waals surface area contributed by atoms with E-state index in [0.717, 1.165) is 19.3 Å². The molecule has 0 radical (unpaired) electrons. The summed E-state index contributed by atoms with van der Waals surface area (Å²) in [6, 6.07) is 0. The lowest BCUT2D eigenvalue weighted by Gasteiger charge is -2.16. The summed E-state index contributed by atoms with van der Waals surface area (Å²) in [5.74, 6) is -2.00. The Bertz CT molecular complexity index is 830. The molecular weight excluding hydrogens is 405 g/mol. The third-order valence-corrected chi connectivity index (χ3v) is 5.11. The Hall–Kier alpha value is -2.81. The van der Waals surface area contributed by atoms with Crippen molar-refractivity contribution in [3.8, 4) is 0 Å². The van der Waals surface area contributed by atoms with E-state index >= 15 is 0 Å². The van der Waals surface area contributed by atoms with Crippen LogP contribution in [0, 0.1) is 11.8 Å². The zero-order valence-corrected chi connectivity index (χ0v) is 20.3. The molecular formula is C29H39F3. The van der Waals surface area contributed by atoms with Gasteiger partial charge in [-0.15, -0.1) is 13.2 Å². The van der Waals surface area contributed by atoms with Crippen molar-refractivity contribution in [1.29, 1.82) is 0 Å². The first-order valence-electron chi connectivity index (χ1n) is 10.6. The van der Waals surface area contributed by atoms with E-state index in [1.165, 1.54) is 25.2 Å². The van der Waals surface area contributed by atoms with Crippen molar-refractivity contribution in [3.63, 3.8) is 0 Å². The summed E-state index contributed by atoms with van der Waals surface area (Å²) >= 11 is 0. The molecule has 0 N–H and O–H groups in total. The van der Waals surface area contributed by atoms with Gasteiger partial charge in [-0.2, -0.15) is 0 Å². The maximum atomic E-state index is 14.6. The van der Waals surface area contributed by atoms with Crippen LogP contribution in [-0.2, 0) is 0 Å². The SMILES string of the molecule is C=C.C=C(/C=C\C(=C)C(=C)/C(F)=C(/F)C(=C)C)C(=C)/C=C(/F)C(=C)C(C)CCC(C)CC. The number of allylic oxidation sites excluding steroid dienone is 12. The minimum Gasteiger partial charge on any atom is -0.207 e.